The van der Waals surface area contributed by atoms with Gasteiger partial charge in [-0.3, -0.25) is 14.5 Å². The van der Waals surface area contributed by atoms with Gasteiger partial charge in [-0.05, 0) is 42.9 Å². The predicted octanol–water partition coefficient (Wildman–Crippen LogP) is 3.79. The molecular weight excluding hydrogens is 395 g/mol. The van der Waals surface area contributed by atoms with Crippen LogP contribution < -0.4 is 10.6 Å². The molecule has 0 unspecified atom stereocenters. The lowest BCUT2D eigenvalue weighted by atomic mass is 10.1. The van der Waals surface area contributed by atoms with Crippen LogP contribution in [-0.2, 0) is 17.5 Å². The monoisotopic (exact) mass is 413 g/mol. The van der Waals surface area contributed by atoms with Crippen LogP contribution in [0.4, 0.5) is 18.9 Å². The second kappa shape index (κ2) is 9.07. The Kier molecular flexibility index (Phi) is 7.04. The van der Waals surface area contributed by atoms with E-state index in [-0.39, 0.29) is 23.2 Å². The Hall–Kier alpha value is -2.58. The van der Waals surface area contributed by atoms with E-state index < -0.39 is 17.6 Å². The predicted molar refractivity (Wildman–Crippen MR) is 101 cm³/mol. The Balaban J connectivity index is 1.97. The zero-order valence-electron chi connectivity index (χ0n) is 15.2. The van der Waals surface area contributed by atoms with E-state index in [0.717, 1.165) is 23.8 Å². The summed E-state index contributed by atoms with van der Waals surface area (Å²) in [7, 11) is 3.24. The molecule has 2 amide bonds. The lowest BCUT2D eigenvalue weighted by Gasteiger charge is -2.17. The molecule has 28 heavy (non-hydrogen) atoms. The summed E-state index contributed by atoms with van der Waals surface area (Å²) in [6.07, 6.45) is -4.53. The highest BCUT2D eigenvalue weighted by molar-refractivity contribution is 6.33. The van der Waals surface area contributed by atoms with Crippen LogP contribution in [0.2, 0.25) is 5.02 Å². The number of nitrogens with zero attached hydrogens (tertiary/aromatic N) is 1. The molecule has 150 valence electrons. The average Bonchev–Trinajstić information content (AvgIpc) is 2.62. The zero-order chi connectivity index (χ0) is 20.9. The summed E-state index contributed by atoms with van der Waals surface area (Å²) in [6.45, 7) is 0.363. The number of benzene rings is 2. The summed E-state index contributed by atoms with van der Waals surface area (Å²) >= 11 is 5.88. The van der Waals surface area contributed by atoms with Gasteiger partial charge in [-0.15, -0.1) is 0 Å². The first kappa shape index (κ1) is 21.7. The van der Waals surface area contributed by atoms with Crippen molar-refractivity contribution in [2.45, 2.75) is 12.7 Å². The summed E-state index contributed by atoms with van der Waals surface area (Å²) in [5.74, 6) is -0.692. The molecule has 0 aliphatic rings. The van der Waals surface area contributed by atoms with Gasteiger partial charge in [0.25, 0.3) is 5.91 Å². The van der Waals surface area contributed by atoms with Crippen molar-refractivity contribution in [1.29, 1.82) is 0 Å². The molecule has 0 saturated heterocycles. The van der Waals surface area contributed by atoms with E-state index in [1.807, 2.05) is 0 Å². The summed E-state index contributed by atoms with van der Waals surface area (Å²) in [6, 6.07) is 9.63. The Morgan fingerprint density at radius 3 is 2.32 bits per heavy atom. The normalized spacial score (nSPS) is 11.4. The molecule has 0 bridgehead atoms. The van der Waals surface area contributed by atoms with Gasteiger partial charge in [0, 0.05) is 19.2 Å². The van der Waals surface area contributed by atoms with Crippen LogP contribution in [0, 0.1) is 0 Å². The first-order valence-electron chi connectivity index (χ1n) is 8.26. The number of amides is 2. The van der Waals surface area contributed by atoms with Gasteiger partial charge in [0.2, 0.25) is 5.91 Å². The molecule has 2 aromatic carbocycles. The summed E-state index contributed by atoms with van der Waals surface area (Å²) in [5, 5.41) is 4.95. The number of hydrogen-bond acceptors (Lipinski definition) is 3. The van der Waals surface area contributed by atoms with Gasteiger partial charge in [0.15, 0.2) is 0 Å². The second-order valence-electron chi connectivity index (χ2n) is 6.19. The number of carbonyl (C=O) groups is 2. The second-order valence-corrected chi connectivity index (χ2v) is 6.60. The quantitative estimate of drug-likeness (QED) is 0.757. The topological polar surface area (TPSA) is 61.4 Å². The van der Waals surface area contributed by atoms with Crippen LogP contribution in [-0.4, -0.2) is 37.4 Å². The van der Waals surface area contributed by atoms with Gasteiger partial charge in [0.1, 0.15) is 0 Å². The van der Waals surface area contributed by atoms with Crippen molar-refractivity contribution in [3.05, 3.63) is 64.2 Å². The molecule has 0 atom stereocenters. The molecule has 2 rings (SSSR count). The van der Waals surface area contributed by atoms with Crippen molar-refractivity contribution in [1.82, 2.24) is 10.2 Å². The molecule has 0 fully saturated rings. The minimum absolute atomic E-state index is 0.0220. The molecule has 0 heterocycles. The van der Waals surface area contributed by atoms with Crippen LogP contribution in [0.5, 0.6) is 0 Å². The molecule has 0 radical (unpaired) electrons. The van der Waals surface area contributed by atoms with E-state index in [9.17, 15) is 22.8 Å². The number of nitrogens with one attached hydrogen (secondary N) is 2. The Bertz CT molecular complexity index is 854. The van der Waals surface area contributed by atoms with Crippen molar-refractivity contribution in [3.63, 3.8) is 0 Å². The first-order chi connectivity index (χ1) is 13.1. The van der Waals surface area contributed by atoms with E-state index >= 15 is 0 Å². The number of anilines is 1. The van der Waals surface area contributed by atoms with E-state index in [0.29, 0.717) is 12.1 Å². The highest BCUT2D eigenvalue weighted by Crippen LogP contribution is 2.33. The molecule has 2 aromatic rings. The summed E-state index contributed by atoms with van der Waals surface area (Å²) < 4.78 is 38.4. The molecule has 0 aliphatic carbocycles. The highest BCUT2D eigenvalue weighted by Gasteiger charge is 2.31. The summed E-state index contributed by atoms with van der Waals surface area (Å²) in [5.41, 5.74) is 0.410. The molecule has 0 aromatic heterocycles. The van der Waals surface area contributed by atoms with Crippen molar-refractivity contribution in [3.8, 4) is 0 Å². The van der Waals surface area contributed by atoms with Gasteiger partial charge < -0.3 is 10.6 Å². The lowest BCUT2D eigenvalue weighted by Crippen LogP contribution is -2.30. The van der Waals surface area contributed by atoms with Crippen molar-refractivity contribution >= 4 is 29.1 Å². The third kappa shape index (κ3) is 5.97. The minimum Gasteiger partial charge on any atom is -0.355 e. The average molecular weight is 414 g/mol. The largest absolute Gasteiger partial charge is 0.416 e. The van der Waals surface area contributed by atoms with Crippen LogP contribution >= 0.6 is 11.6 Å². The van der Waals surface area contributed by atoms with E-state index in [4.69, 9.17) is 11.6 Å². The van der Waals surface area contributed by atoms with Gasteiger partial charge in [-0.25, -0.2) is 0 Å². The number of hydrogen-bond donors (Lipinski definition) is 2. The zero-order valence-corrected chi connectivity index (χ0v) is 16.0. The van der Waals surface area contributed by atoms with Gasteiger partial charge >= 0.3 is 6.18 Å². The Labute approximate surface area is 165 Å². The number of halogens is 4. The molecule has 0 saturated carbocycles. The SMILES string of the molecule is CNC(=O)c1ccc(CN(C)CC(=O)Nc2cc(C(F)(F)F)ccc2Cl)cc1. The highest BCUT2D eigenvalue weighted by atomic mass is 35.5. The standard InChI is InChI=1S/C19H19ClF3N3O2/c1-24-18(28)13-5-3-12(4-6-13)10-26(2)11-17(27)25-16-9-14(19(21,22)23)7-8-15(16)20/h3-9H,10-11H2,1-2H3,(H,24,28)(H,25,27). The number of rotatable bonds is 6. The van der Waals surface area contributed by atoms with Crippen molar-refractivity contribution < 1.29 is 22.8 Å². The molecular formula is C19H19ClF3N3O2. The lowest BCUT2D eigenvalue weighted by molar-refractivity contribution is -0.137. The molecule has 2 N–H and O–H groups in total. The fourth-order valence-corrected chi connectivity index (χ4v) is 2.67. The third-order valence-electron chi connectivity index (χ3n) is 3.88. The maximum Gasteiger partial charge on any atom is 0.416 e. The van der Waals surface area contributed by atoms with Gasteiger partial charge in [0.05, 0.1) is 22.8 Å². The summed E-state index contributed by atoms with van der Waals surface area (Å²) in [4.78, 5) is 25.4. The van der Waals surface area contributed by atoms with E-state index in [1.54, 1.807) is 43.3 Å². The van der Waals surface area contributed by atoms with Crippen LogP contribution in [0.25, 0.3) is 0 Å². The van der Waals surface area contributed by atoms with Crippen LogP contribution in [0.15, 0.2) is 42.5 Å². The van der Waals surface area contributed by atoms with Crippen molar-refractivity contribution in [2.75, 3.05) is 26.0 Å². The smallest absolute Gasteiger partial charge is 0.355 e. The van der Waals surface area contributed by atoms with Crippen LogP contribution in [0.3, 0.4) is 0 Å². The van der Waals surface area contributed by atoms with Crippen molar-refractivity contribution in [2.24, 2.45) is 0 Å². The Morgan fingerprint density at radius 2 is 1.75 bits per heavy atom. The Morgan fingerprint density at radius 1 is 1.11 bits per heavy atom. The van der Waals surface area contributed by atoms with Gasteiger partial charge in [-0.2, -0.15) is 13.2 Å². The molecule has 0 aliphatic heterocycles. The minimum atomic E-state index is -4.53. The number of carbonyl (C=O) groups excluding carboxylic acids is 2. The number of alkyl halides is 3. The molecule has 0 spiro atoms. The molecule has 5 nitrogen and oxygen atoms in total. The maximum absolute atomic E-state index is 12.8. The van der Waals surface area contributed by atoms with E-state index in [1.165, 1.54) is 0 Å². The fraction of sp³-hybridized carbons (Fsp3) is 0.263. The first-order valence-corrected chi connectivity index (χ1v) is 8.64. The maximum atomic E-state index is 12.8. The van der Waals surface area contributed by atoms with Gasteiger partial charge in [-0.1, -0.05) is 23.7 Å². The third-order valence-corrected chi connectivity index (χ3v) is 4.21. The number of likely N-dealkylation sites (N-methyl/N-ethyl adjacent to an activating group) is 1. The van der Waals surface area contributed by atoms with Crippen LogP contribution in [0.1, 0.15) is 21.5 Å². The van der Waals surface area contributed by atoms with E-state index in [2.05, 4.69) is 10.6 Å². The fourth-order valence-electron chi connectivity index (χ4n) is 2.51. The molecule has 9 heteroatoms.